The largest absolute Gasteiger partial charge is 3.00 e. The molecule has 0 bridgehead atoms. The van der Waals surface area contributed by atoms with Crippen molar-refractivity contribution in [3.05, 3.63) is 0 Å². The summed E-state index contributed by atoms with van der Waals surface area (Å²) in [7, 11) is 0. The molecule has 0 aliphatic heterocycles. The SMILES string of the molecule is CC(=O)[O-].CCC(C)[O-].CCC(C)[O-].[Al+3]. The molecule has 0 aromatic rings. The topological polar surface area (TPSA) is 86.2 Å². The minimum Gasteiger partial charge on any atom is -0.852 e. The van der Waals surface area contributed by atoms with Gasteiger partial charge in [0.15, 0.2) is 0 Å². The molecule has 2 atom stereocenters. The van der Waals surface area contributed by atoms with Gasteiger partial charge in [0, 0.05) is 5.97 Å². The zero-order valence-corrected chi connectivity index (χ0v) is 11.4. The molecule has 0 aliphatic rings. The molecule has 0 radical (unpaired) electrons. The van der Waals surface area contributed by atoms with Gasteiger partial charge in [-0.05, 0) is 6.92 Å². The van der Waals surface area contributed by atoms with Gasteiger partial charge in [-0.3, -0.25) is 0 Å². The van der Waals surface area contributed by atoms with Gasteiger partial charge in [0.2, 0.25) is 0 Å². The molecule has 0 rings (SSSR count). The van der Waals surface area contributed by atoms with Crippen molar-refractivity contribution in [2.45, 2.75) is 59.7 Å². The molecule has 5 heteroatoms. The second-order valence-electron chi connectivity index (χ2n) is 2.93. The third-order valence-electron chi connectivity index (χ3n) is 1.15. The second-order valence-corrected chi connectivity index (χ2v) is 2.93. The Morgan fingerprint density at radius 3 is 1.13 bits per heavy atom. The van der Waals surface area contributed by atoms with E-state index in [0.29, 0.717) is 0 Å². The van der Waals surface area contributed by atoms with Gasteiger partial charge >= 0.3 is 17.4 Å². The minimum atomic E-state index is -1.08. The van der Waals surface area contributed by atoms with Crippen molar-refractivity contribution in [3.8, 4) is 0 Å². The van der Waals surface area contributed by atoms with Crippen LogP contribution in [0.3, 0.4) is 0 Å². The van der Waals surface area contributed by atoms with Crippen molar-refractivity contribution >= 4 is 23.3 Å². The molecule has 0 aromatic carbocycles. The Morgan fingerprint density at radius 1 is 1.07 bits per heavy atom. The molecule has 88 valence electrons. The van der Waals surface area contributed by atoms with Crippen molar-refractivity contribution in [2.75, 3.05) is 0 Å². The van der Waals surface area contributed by atoms with E-state index in [2.05, 4.69) is 0 Å². The van der Waals surface area contributed by atoms with Crippen LogP contribution in [-0.4, -0.2) is 35.5 Å². The fourth-order valence-corrected chi connectivity index (χ4v) is 0. The van der Waals surface area contributed by atoms with E-state index in [1.807, 2.05) is 13.8 Å². The van der Waals surface area contributed by atoms with Gasteiger partial charge in [0.05, 0.1) is 0 Å². The number of carboxylic acids is 1. The molecule has 15 heavy (non-hydrogen) atoms. The van der Waals surface area contributed by atoms with Crippen LogP contribution in [0.25, 0.3) is 0 Å². The van der Waals surface area contributed by atoms with Crippen LogP contribution >= 0.6 is 0 Å². The second kappa shape index (κ2) is 19.5. The summed E-state index contributed by atoms with van der Waals surface area (Å²) < 4.78 is 0. The fourth-order valence-electron chi connectivity index (χ4n) is 0. The molecule has 0 saturated heterocycles. The van der Waals surface area contributed by atoms with Crippen LogP contribution in [0.2, 0.25) is 0 Å². The summed E-state index contributed by atoms with van der Waals surface area (Å²) in [5.74, 6) is -1.08. The Hall–Kier alpha value is -0.0775. The average molecular weight is 232 g/mol. The third kappa shape index (κ3) is 129. The molecule has 2 unspecified atom stereocenters. The molecule has 0 heterocycles. The number of carboxylic acid groups (broad SMARTS) is 1. The van der Waals surface area contributed by atoms with Crippen LogP contribution in [0, 0.1) is 0 Å². The Balaban J connectivity index is -0.0000000590. The van der Waals surface area contributed by atoms with Crippen molar-refractivity contribution in [1.82, 2.24) is 0 Å². The number of aliphatic carboxylic acids is 1. The van der Waals surface area contributed by atoms with E-state index in [1.165, 1.54) is 0 Å². The van der Waals surface area contributed by atoms with Gasteiger partial charge in [-0.15, -0.1) is 12.2 Å². The summed E-state index contributed by atoms with van der Waals surface area (Å²) in [5, 5.41) is 28.7. The van der Waals surface area contributed by atoms with Crippen molar-refractivity contribution in [2.24, 2.45) is 0 Å². The standard InChI is InChI=1S/2C4H9O.C2H4O2.Al/c2*1-3-4(2)5;1-2(3)4;/h2*4H,3H2,1-2H3;1H3,(H,3,4);/q2*-1;;+3/p-1. The zero-order valence-electron chi connectivity index (χ0n) is 10.3. The van der Waals surface area contributed by atoms with Gasteiger partial charge in [-0.25, -0.2) is 0 Å². The Labute approximate surface area is 103 Å². The predicted molar refractivity (Wildman–Crippen MR) is 55.9 cm³/mol. The summed E-state index contributed by atoms with van der Waals surface area (Å²) >= 11 is 0. The Kier molecular flexibility index (Phi) is 31.5. The van der Waals surface area contributed by atoms with Crippen LogP contribution in [-0.2, 0) is 4.79 Å². The number of hydrogen-bond acceptors (Lipinski definition) is 4. The fraction of sp³-hybridized carbons (Fsp3) is 0.900. The first-order valence-electron chi connectivity index (χ1n) is 4.77. The number of carbonyl (C=O) groups excluding carboxylic acids is 1. The molecular weight excluding hydrogens is 211 g/mol. The zero-order chi connectivity index (χ0) is 12.1. The Bertz CT molecular complexity index is 104. The van der Waals surface area contributed by atoms with Gasteiger partial charge in [0.1, 0.15) is 0 Å². The first kappa shape index (κ1) is 24.2. The van der Waals surface area contributed by atoms with Crippen LogP contribution in [0.1, 0.15) is 47.5 Å². The van der Waals surface area contributed by atoms with Gasteiger partial charge in [-0.2, -0.15) is 0 Å². The van der Waals surface area contributed by atoms with E-state index in [0.717, 1.165) is 19.8 Å². The van der Waals surface area contributed by atoms with Gasteiger partial charge in [0.25, 0.3) is 0 Å². The van der Waals surface area contributed by atoms with E-state index in [4.69, 9.17) is 9.90 Å². The summed E-state index contributed by atoms with van der Waals surface area (Å²) in [5.41, 5.74) is 0. The number of carbonyl (C=O) groups is 1. The molecule has 0 fully saturated rings. The van der Waals surface area contributed by atoms with E-state index in [9.17, 15) is 10.2 Å². The van der Waals surface area contributed by atoms with Crippen molar-refractivity contribution in [3.63, 3.8) is 0 Å². The van der Waals surface area contributed by atoms with E-state index < -0.39 is 5.97 Å². The van der Waals surface area contributed by atoms with Crippen molar-refractivity contribution in [1.29, 1.82) is 0 Å². The summed E-state index contributed by atoms with van der Waals surface area (Å²) in [6.07, 6.45) is 0.769. The molecule has 0 aliphatic carbocycles. The maximum absolute atomic E-state index is 9.90. The van der Waals surface area contributed by atoms with Crippen LogP contribution in [0.4, 0.5) is 0 Å². The third-order valence-corrected chi connectivity index (χ3v) is 1.15. The normalized spacial score (nSPS) is 11.7. The first-order valence-corrected chi connectivity index (χ1v) is 4.77. The van der Waals surface area contributed by atoms with Crippen LogP contribution < -0.4 is 15.3 Å². The molecule has 0 saturated carbocycles. The van der Waals surface area contributed by atoms with Crippen LogP contribution in [0.15, 0.2) is 0 Å². The van der Waals surface area contributed by atoms with Gasteiger partial charge < -0.3 is 20.1 Å². The summed E-state index contributed by atoms with van der Waals surface area (Å²) in [4.78, 5) is 8.89. The predicted octanol–water partition coefficient (Wildman–Crippen LogP) is -1.33. The monoisotopic (exact) mass is 232 g/mol. The Morgan fingerprint density at radius 2 is 1.13 bits per heavy atom. The van der Waals surface area contributed by atoms with E-state index in [1.54, 1.807) is 13.8 Å². The average Bonchev–Trinajstić information content (AvgIpc) is 2.04. The summed E-state index contributed by atoms with van der Waals surface area (Å²) in [6, 6.07) is 0. The smallest absolute Gasteiger partial charge is 0.852 e. The number of rotatable bonds is 2. The van der Waals surface area contributed by atoms with E-state index >= 15 is 0 Å². The van der Waals surface area contributed by atoms with Crippen molar-refractivity contribution < 1.29 is 20.1 Å². The van der Waals surface area contributed by atoms with Crippen LogP contribution in [0.5, 0.6) is 0 Å². The maximum atomic E-state index is 9.90. The molecule has 0 N–H and O–H groups in total. The number of hydrogen-bond donors (Lipinski definition) is 0. The molecule has 4 nitrogen and oxygen atoms in total. The van der Waals surface area contributed by atoms with Gasteiger partial charge in [-0.1, -0.05) is 40.5 Å². The molecule has 0 aromatic heterocycles. The van der Waals surface area contributed by atoms with E-state index in [-0.39, 0.29) is 29.6 Å². The first-order chi connectivity index (χ1) is 6.27. The maximum Gasteiger partial charge on any atom is 3.00 e. The molecular formula is C10H21AlO4. The summed E-state index contributed by atoms with van der Waals surface area (Å²) in [6.45, 7) is 8.08. The molecule has 0 spiro atoms. The minimum absolute atomic E-state index is 0. The molecule has 0 amide bonds. The quantitative estimate of drug-likeness (QED) is 0.552.